The first-order chi connectivity index (χ1) is 12.3. The largest absolute Gasteiger partial charge is 0.402 e. The molecule has 1 aliphatic rings. The summed E-state index contributed by atoms with van der Waals surface area (Å²) in [5.41, 5.74) is 1.00. The zero-order valence-electron chi connectivity index (χ0n) is 14.0. The lowest BCUT2D eigenvalue weighted by molar-refractivity contribution is -0.129. The molecule has 2 aromatic carbocycles. The Labute approximate surface area is 150 Å². The van der Waals surface area contributed by atoms with E-state index in [1.54, 1.807) is 12.1 Å². The molecule has 2 aromatic rings. The third-order valence-corrected chi connectivity index (χ3v) is 5.46. The Morgan fingerprint density at radius 3 is 2.46 bits per heavy atom. The van der Waals surface area contributed by atoms with Crippen molar-refractivity contribution in [2.75, 3.05) is 14.1 Å². The zero-order valence-corrected chi connectivity index (χ0v) is 14.8. The minimum Gasteiger partial charge on any atom is -0.402 e. The average molecular weight is 374 g/mol. The number of halogens is 1. The Kier molecular flexibility index (Phi) is 4.71. The van der Waals surface area contributed by atoms with Gasteiger partial charge in [-0.3, -0.25) is 0 Å². The molecule has 6 nitrogen and oxygen atoms in total. The Morgan fingerprint density at radius 2 is 1.81 bits per heavy atom. The van der Waals surface area contributed by atoms with Gasteiger partial charge in [-0.05, 0) is 42.0 Å². The van der Waals surface area contributed by atoms with Gasteiger partial charge in [-0.2, -0.15) is 0 Å². The van der Waals surface area contributed by atoms with Crippen LogP contribution in [0.5, 0.6) is 0 Å². The predicted molar refractivity (Wildman–Crippen MR) is 94.3 cm³/mol. The second-order valence-corrected chi connectivity index (χ2v) is 7.85. The van der Waals surface area contributed by atoms with Crippen molar-refractivity contribution >= 4 is 28.0 Å². The van der Waals surface area contributed by atoms with Crippen LogP contribution in [0.25, 0.3) is 6.08 Å². The number of esters is 1. The van der Waals surface area contributed by atoms with E-state index in [1.807, 2.05) is 0 Å². The van der Waals surface area contributed by atoms with E-state index in [4.69, 9.17) is 4.74 Å². The molecule has 0 saturated carbocycles. The van der Waals surface area contributed by atoms with Crippen molar-refractivity contribution in [2.45, 2.75) is 4.90 Å². The van der Waals surface area contributed by atoms with Crippen molar-refractivity contribution < 1.29 is 22.3 Å². The monoisotopic (exact) mass is 374 g/mol. The fourth-order valence-corrected chi connectivity index (χ4v) is 3.20. The smallest absolute Gasteiger partial charge is 0.363 e. The second kappa shape index (κ2) is 6.81. The molecule has 0 unspecified atom stereocenters. The number of carbonyl (C=O) groups is 1. The molecule has 0 atom stereocenters. The lowest BCUT2D eigenvalue weighted by atomic mass is 10.2. The summed E-state index contributed by atoms with van der Waals surface area (Å²) in [7, 11) is -0.762. The number of nitrogens with zero attached hydrogens (tertiary/aromatic N) is 2. The number of hydrogen-bond acceptors (Lipinski definition) is 5. The highest BCUT2D eigenvalue weighted by atomic mass is 32.2. The maximum absolute atomic E-state index is 13.0. The van der Waals surface area contributed by atoms with Crippen LogP contribution in [-0.4, -0.2) is 38.7 Å². The minimum atomic E-state index is -3.62. The Balaban J connectivity index is 1.96. The van der Waals surface area contributed by atoms with Crippen LogP contribution >= 0.6 is 0 Å². The third kappa shape index (κ3) is 3.56. The summed E-state index contributed by atoms with van der Waals surface area (Å²) < 4.78 is 43.7. The number of cyclic esters (lactones) is 1. The number of hydrogen-bond donors (Lipinski definition) is 0. The highest BCUT2D eigenvalue weighted by Gasteiger charge is 2.26. The van der Waals surface area contributed by atoms with Crippen LogP contribution in [0, 0.1) is 5.82 Å². The highest BCUT2D eigenvalue weighted by Crippen LogP contribution is 2.22. The van der Waals surface area contributed by atoms with E-state index in [9.17, 15) is 17.6 Å². The number of carbonyl (C=O) groups excluding carboxylic acids is 1. The molecule has 8 heteroatoms. The van der Waals surface area contributed by atoms with Crippen molar-refractivity contribution in [2.24, 2.45) is 4.99 Å². The molecule has 0 spiro atoms. The van der Waals surface area contributed by atoms with Gasteiger partial charge >= 0.3 is 5.97 Å². The SMILES string of the molecule is CN(C)S(=O)(=O)c1cccc(C2=NC(=Cc3ccc(F)cc3)C(=O)O2)c1. The molecule has 134 valence electrons. The normalized spacial score (nSPS) is 16.1. The minimum absolute atomic E-state index is 0.0131. The number of sulfonamides is 1. The molecule has 0 radical (unpaired) electrons. The molecule has 0 fully saturated rings. The van der Waals surface area contributed by atoms with E-state index in [0.717, 1.165) is 4.31 Å². The average Bonchev–Trinajstić information content (AvgIpc) is 2.97. The summed E-state index contributed by atoms with van der Waals surface area (Å²) in [5, 5.41) is 0. The summed E-state index contributed by atoms with van der Waals surface area (Å²) >= 11 is 0. The van der Waals surface area contributed by atoms with Crippen LogP contribution in [-0.2, 0) is 19.6 Å². The summed E-state index contributed by atoms with van der Waals surface area (Å²) in [5.74, 6) is -1.03. The van der Waals surface area contributed by atoms with E-state index in [-0.39, 0.29) is 22.3 Å². The van der Waals surface area contributed by atoms with Gasteiger partial charge in [0.05, 0.1) is 4.90 Å². The quantitative estimate of drug-likeness (QED) is 0.608. The van der Waals surface area contributed by atoms with Crippen molar-refractivity contribution in [1.29, 1.82) is 0 Å². The van der Waals surface area contributed by atoms with Gasteiger partial charge in [0.2, 0.25) is 15.9 Å². The lowest BCUT2D eigenvalue weighted by Crippen LogP contribution is -2.22. The molecule has 26 heavy (non-hydrogen) atoms. The van der Waals surface area contributed by atoms with Gasteiger partial charge in [0, 0.05) is 19.7 Å². The molecule has 1 heterocycles. The highest BCUT2D eigenvalue weighted by molar-refractivity contribution is 7.89. The Morgan fingerprint density at radius 1 is 1.12 bits per heavy atom. The van der Waals surface area contributed by atoms with E-state index < -0.39 is 16.0 Å². The standard InChI is InChI=1S/C18H15FN2O4S/c1-21(2)26(23,24)15-5-3-4-13(11-15)17-20-16(18(22)25-17)10-12-6-8-14(19)9-7-12/h3-11H,1-2H3. The molecule has 3 rings (SSSR count). The van der Waals surface area contributed by atoms with Gasteiger partial charge < -0.3 is 4.74 Å². The fraction of sp³-hybridized carbons (Fsp3) is 0.111. The maximum Gasteiger partial charge on any atom is 0.363 e. The molecular weight excluding hydrogens is 359 g/mol. The molecule has 0 aromatic heterocycles. The van der Waals surface area contributed by atoms with Crippen LogP contribution in [0.4, 0.5) is 4.39 Å². The first-order valence-corrected chi connectivity index (χ1v) is 9.02. The maximum atomic E-state index is 13.0. The first-order valence-electron chi connectivity index (χ1n) is 7.58. The number of ether oxygens (including phenoxy) is 1. The van der Waals surface area contributed by atoms with E-state index in [0.29, 0.717) is 11.1 Å². The molecule has 0 bridgehead atoms. The van der Waals surface area contributed by atoms with Crippen molar-refractivity contribution in [3.8, 4) is 0 Å². The van der Waals surface area contributed by atoms with E-state index in [2.05, 4.69) is 4.99 Å². The molecule has 0 N–H and O–H groups in total. The van der Waals surface area contributed by atoms with Crippen LogP contribution in [0.1, 0.15) is 11.1 Å². The molecule has 0 amide bonds. The lowest BCUT2D eigenvalue weighted by Gasteiger charge is -2.11. The molecule has 0 saturated heterocycles. The van der Waals surface area contributed by atoms with E-state index in [1.165, 1.54) is 56.6 Å². The van der Waals surface area contributed by atoms with Crippen molar-refractivity contribution in [3.05, 3.63) is 71.2 Å². The Hall–Kier alpha value is -2.84. The van der Waals surface area contributed by atoms with Gasteiger partial charge in [-0.25, -0.2) is 26.9 Å². The third-order valence-electron chi connectivity index (χ3n) is 3.65. The second-order valence-electron chi connectivity index (χ2n) is 5.70. The molecule has 0 aliphatic carbocycles. The van der Waals surface area contributed by atoms with Crippen LogP contribution in [0.3, 0.4) is 0 Å². The summed E-state index contributed by atoms with van der Waals surface area (Å²) in [6, 6.07) is 11.5. The van der Waals surface area contributed by atoms with Gasteiger partial charge in [0.15, 0.2) is 5.70 Å². The van der Waals surface area contributed by atoms with Crippen LogP contribution in [0.15, 0.2) is 64.1 Å². The topological polar surface area (TPSA) is 76.0 Å². The van der Waals surface area contributed by atoms with Gasteiger partial charge in [-0.1, -0.05) is 18.2 Å². The first kappa shape index (κ1) is 18.0. The number of benzene rings is 2. The predicted octanol–water partition coefficient (Wildman–Crippen LogP) is 2.42. The summed E-state index contributed by atoms with van der Waals surface area (Å²) in [6.07, 6.45) is 1.47. The number of aliphatic imine (C=N–C) groups is 1. The van der Waals surface area contributed by atoms with Crippen LogP contribution in [0.2, 0.25) is 0 Å². The number of rotatable bonds is 4. The van der Waals surface area contributed by atoms with Gasteiger partial charge in [0.25, 0.3) is 0 Å². The fourth-order valence-electron chi connectivity index (χ4n) is 2.25. The van der Waals surface area contributed by atoms with Crippen molar-refractivity contribution in [1.82, 2.24) is 4.31 Å². The van der Waals surface area contributed by atoms with Crippen molar-refractivity contribution in [3.63, 3.8) is 0 Å². The van der Waals surface area contributed by atoms with Gasteiger partial charge in [-0.15, -0.1) is 0 Å². The summed E-state index contributed by atoms with van der Waals surface area (Å²) in [6.45, 7) is 0. The Bertz CT molecular complexity index is 1030. The molecular formula is C18H15FN2O4S. The van der Waals surface area contributed by atoms with Crippen LogP contribution < -0.4 is 0 Å². The van der Waals surface area contributed by atoms with E-state index >= 15 is 0 Å². The molecule has 1 aliphatic heterocycles. The van der Waals surface area contributed by atoms with Gasteiger partial charge in [0.1, 0.15) is 5.82 Å². The zero-order chi connectivity index (χ0) is 18.9. The summed E-state index contributed by atoms with van der Waals surface area (Å²) in [4.78, 5) is 16.2.